The lowest BCUT2D eigenvalue weighted by molar-refractivity contribution is -0.384. The Morgan fingerprint density at radius 3 is 2.07 bits per heavy atom. The summed E-state index contributed by atoms with van der Waals surface area (Å²) in [7, 11) is 0. The molecule has 3 aromatic rings. The van der Waals surface area contributed by atoms with Gasteiger partial charge in [0.1, 0.15) is 11.5 Å². The van der Waals surface area contributed by atoms with Gasteiger partial charge in [0.2, 0.25) is 5.91 Å². The quantitative estimate of drug-likeness (QED) is 0.483. The summed E-state index contributed by atoms with van der Waals surface area (Å²) in [5.74, 6) is 1.33. The average Bonchev–Trinajstić information content (AvgIpc) is 3.52. The van der Waals surface area contributed by atoms with Crippen LogP contribution in [0.4, 0.5) is 11.4 Å². The van der Waals surface area contributed by atoms with E-state index >= 15 is 0 Å². The SMILES string of the molecule is O=C(Nc1ccc(Oc2ccccc2)cc1)C1(c2ccc([N+](=O)[O-])cc2)CC1. The Balaban J connectivity index is 1.43. The number of carbonyl (C=O) groups is 1. The van der Waals surface area contributed by atoms with Crippen molar-refractivity contribution in [1.29, 1.82) is 0 Å². The van der Waals surface area contributed by atoms with E-state index in [1.165, 1.54) is 12.1 Å². The zero-order valence-corrected chi connectivity index (χ0v) is 15.0. The van der Waals surface area contributed by atoms with Crippen molar-refractivity contribution in [3.63, 3.8) is 0 Å². The molecule has 0 heterocycles. The highest BCUT2D eigenvalue weighted by atomic mass is 16.6. The number of rotatable bonds is 6. The predicted molar refractivity (Wildman–Crippen MR) is 106 cm³/mol. The van der Waals surface area contributed by atoms with Gasteiger partial charge in [-0.3, -0.25) is 14.9 Å². The topological polar surface area (TPSA) is 81.5 Å². The van der Waals surface area contributed by atoms with E-state index in [2.05, 4.69) is 5.32 Å². The van der Waals surface area contributed by atoms with E-state index in [1.807, 2.05) is 30.3 Å². The first-order chi connectivity index (χ1) is 13.6. The Morgan fingerprint density at radius 1 is 0.893 bits per heavy atom. The second-order valence-corrected chi connectivity index (χ2v) is 6.78. The second kappa shape index (κ2) is 7.15. The molecule has 1 aliphatic rings. The van der Waals surface area contributed by atoms with Crippen LogP contribution in [0.1, 0.15) is 18.4 Å². The molecule has 1 N–H and O–H groups in total. The molecule has 6 heteroatoms. The normalized spacial score (nSPS) is 14.1. The van der Waals surface area contributed by atoms with E-state index in [4.69, 9.17) is 4.74 Å². The van der Waals surface area contributed by atoms with Gasteiger partial charge in [-0.25, -0.2) is 0 Å². The average molecular weight is 374 g/mol. The van der Waals surface area contributed by atoms with Crippen LogP contribution in [0.3, 0.4) is 0 Å². The summed E-state index contributed by atoms with van der Waals surface area (Å²) in [5, 5.41) is 13.8. The van der Waals surface area contributed by atoms with Gasteiger partial charge in [-0.2, -0.15) is 0 Å². The van der Waals surface area contributed by atoms with Gasteiger partial charge in [0.15, 0.2) is 0 Å². The number of para-hydroxylation sites is 1. The second-order valence-electron chi connectivity index (χ2n) is 6.78. The summed E-state index contributed by atoms with van der Waals surface area (Å²) in [6, 6.07) is 22.9. The lowest BCUT2D eigenvalue weighted by Crippen LogP contribution is -2.27. The molecule has 1 fully saturated rings. The van der Waals surface area contributed by atoms with Crippen LogP contribution in [0, 0.1) is 10.1 Å². The molecular weight excluding hydrogens is 356 g/mol. The first-order valence-electron chi connectivity index (χ1n) is 8.96. The maximum absolute atomic E-state index is 12.8. The molecule has 28 heavy (non-hydrogen) atoms. The maximum Gasteiger partial charge on any atom is 0.269 e. The summed E-state index contributed by atoms with van der Waals surface area (Å²) in [4.78, 5) is 23.2. The van der Waals surface area contributed by atoms with Crippen molar-refractivity contribution in [2.24, 2.45) is 0 Å². The van der Waals surface area contributed by atoms with Crippen molar-refractivity contribution in [2.45, 2.75) is 18.3 Å². The van der Waals surface area contributed by atoms with Crippen molar-refractivity contribution in [3.8, 4) is 11.5 Å². The van der Waals surface area contributed by atoms with Gasteiger partial charge < -0.3 is 10.1 Å². The molecule has 0 atom stereocenters. The molecule has 0 saturated heterocycles. The molecule has 6 nitrogen and oxygen atoms in total. The fourth-order valence-corrected chi connectivity index (χ4v) is 3.16. The summed E-state index contributed by atoms with van der Waals surface area (Å²) in [6.45, 7) is 0. The Hall–Kier alpha value is -3.67. The van der Waals surface area contributed by atoms with Gasteiger partial charge in [0.05, 0.1) is 10.3 Å². The third-order valence-corrected chi connectivity index (χ3v) is 4.91. The van der Waals surface area contributed by atoms with Crippen LogP contribution in [-0.4, -0.2) is 10.8 Å². The van der Waals surface area contributed by atoms with Crippen molar-refractivity contribution in [2.75, 3.05) is 5.32 Å². The highest BCUT2D eigenvalue weighted by molar-refractivity contribution is 6.01. The van der Waals surface area contributed by atoms with Gasteiger partial charge >= 0.3 is 0 Å². The van der Waals surface area contributed by atoms with E-state index in [-0.39, 0.29) is 11.6 Å². The number of nitro groups is 1. The monoisotopic (exact) mass is 374 g/mol. The van der Waals surface area contributed by atoms with Gasteiger partial charge in [0, 0.05) is 17.8 Å². The number of nitrogens with zero attached hydrogens (tertiary/aromatic N) is 1. The van der Waals surface area contributed by atoms with Crippen LogP contribution in [0.15, 0.2) is 78.9 Å². The number of nitrogens with one attached hydrogen (secondary N) is 1. The molecular formula is C22H18N2O4. The highest BCUT2D eigenvalue weighted by Gasteiger charge is 2.51. The van der Waals surface area contributed by atoms with Crippen molar-refractivity contribution in [1.82, 2.24) is 0 Å². The van der Waals surface area contributed by atoms with Crippen LogP contribution in [0.25, 0.3) is 0 Å². The molecule has 1 amide bonds. The highest BCUT2D eigenvalue weighted by Crippen LogP contribution is 2.49. The number of carbonyl (C=O) groups excluding carboxylic acids is 1. The summed E-state index contributed by atoms with van der Waals surface area (Å²) < 4.78 is 5.75. The number of hydrogen-bond donors (Lipinski definition) is 1. The molecule has 3 aromatic carbocycles. The smallest absolute Gasteiger partial charge is 0.269 e. The summed E-state index contributed by atoms with van der Waals surface area (Å²) >= 11 is 0. The number of ether oxygens (including phenoxy) is 1. The zero-order valence-electron chi connectivity index (χ0n) is 15.0. The van der Waals surface area contributed by atoms with Crippen molar-refractivity contribution in [3.05, 3.63) is 94.5 Å². The fraction of sp³-hybridized carbons (Fsp3) is 0.136. The van der Waals surface area contributed by atoms with Crippen LogP contribution in [0.2, 0.25) is 0 Å². The van der Waals surface area contributed by atoms with E-state index in [0.717, 1.165) is 24.2 Å². The lowest BCUT2D eigenvalue weighted by atomic mass is 9.94. The molecule has 0 spiro atoms. The molecule has 140 valence electrons. The summed E-state index contributed by atoms with van der Waals surface area (Å²) in [5.41, 5.74) is 0.904. The molecule has 4 rings (SSSR count). The third kappa shape index (κ3) is 3.57. The Kier molecular flexibility index (Phi) is 4.53. The van der Waals surface area contributed by atoms with Crippen LogP contribution >= 0.6 is 0 Å². The van der Waals surface area contributed by atoms with Crippen LogP contribution in [-0.2, 0) is 10.2 Å². The Bertz CT molecular complexity index is 995. The lowest BCUT2D eigenvalue weighted by Gasteiger charge is -2.16. The number of nitro benzene ring substituents is 1. The van der Waals surface area contributed by atoms with Gasteiger partial charge in [-0.05, 0) is 54.8 Å². The predicted octanol–water partition coefficient (Wildman–Crippen LogP) is 5.06. The van der Waals surface area contributed by atoms with Gasteiger partial charge in [-0.1, -0.05) is 30.3 Å². The molecule has 0 aliphatic heterocycles. The van der Waals surface area contributed by atoms with Gasteiger partial charge in [0.25, 0.3) is 5.69 Å². The first kappa shape index (κ1) is 17.7. The van der Waals surface area contributed by atoms with E-state index < -0.39 is 10.3 Å². The molecule has 1 aliphatic carbocycles. The molecule has 0 unspecified atom stereocenters. The van der Waals surface area contributed by atoms with Crippen molar-refractivity contribution < 1.29 is 14.5 Å². The molecule has 0 radical (unpaired) electrons. The zero-order chi connectivity index (χ0) is 19.6. The minimum atomic E-state index is -0.603. The number of hydrogen-bond acceptors (Lipinski definition) is 4. The maximum atomic E-state index is 12.8. The molecule has 0 aromatic heterocycles. The largest absolute Gasteiger partial charge is 0.457 e. The van der Waals surface area contributed by atoms with E-state index in [9.17, 15) is 14.9 Å². The Labute approximate surface area is 161 Å². The number of anilines is 1. The molecule has 0 bridgehead atoms. The third-order valence-electron chi connectivity index (χ3n) is 4.91. The Morgan fingerprint density at radius 2 is 1.50 bits per heavy atom. The van der Waals surface area contributed by atoms with E-state index in [0.29, 0.717) is 11.4 Å². The fourth-order valence-electron chi connectivity index (χ4n) is 3.16. The number of non-ortho nitro benzene ring substituents is 1. The first-order valence-corrected chi connectivity index (χ1v) is 8.96. The number of benzene rings is 3. The van der Waals surface area contributed by atoms with E-state index in [1.54, 1.807) is 36.4 Å². The minimum Gasteiger partial charge on any atom is -0.457 e. The molecule has 1 saturated carbocycles. The minimum absolute atomic E-state index is 0.0222. The van der Waals surface area contributed by atoms with Crippen LogP contribution < -0.4 is 10.1 Å². The standard InChI is InChI=1S/C22H18N2O4/c25-21(22(14-15-22)16-6-10-18(11-7-16)24(26)27)23-17-8-12-20(13-9-17)28-19-4-2-1-3-5-19/h1-13H,14-15H2,(H,23,25). The van der Waals surface area contributed by atoms with Crippen molar-refractivity contribution >= 4 is 17.3 Å². The number of amides is 1. The summed E-state index contributed by atoms with van der Waals surface area (Å²) in [6.07, 6.45) is 1.46. The van der Waals surface area contributed by atoms with Crippen LogP contribution in [0.5, 0.6) is 11.5 Å². The van der Waals surface area contributed by atoms with Gasteiger partial charge in [-0.15, -0.1) is 0 Å².